The third-order valence-corrected chi connectivity index (χ3v) is 5.26. The second-order valence-corrected chi connectivity index (χ2v) is 7.68. The van der Waals surface area contributed by atoms with Crippen LogP contribution in [0.4, 0.5) is 0 Å². The van der Waals surface area contributed by atoms with Crippen LogP contribution >= 0.6 is 11.8 Å². The second-order valence-electron chi connectivity index (χ2n) is 6.57. The summed E-state index contributed by atoms with van der Waals surface area (Å²) in [5.74, 6) is 2.95. The highest BCUT2D eigenvalue weighted by molar-refractivity contribution is 7.99. The molecule has 1 atom stereocenters. The van der Waals surface area contributed by atoms with Gasteiger partial charge in [-0.05, 0) is 31.6 Å². The predicted molar refractivity (Wildman–Crippen MR) is 83.5 cm³/mol. The number of fused-ring (bicyclic) bond motifs is 1. The lowest BCUT2D eigenvalue weighted by Gasteiger charge is -2.22. The van der Waals surface area contributed by atoms with E-state index < -0.39 is 5.60 Å². The molecule has 2 N–H and O–H groups in total. The Hall–Kier alpha value is -0.710. The van der Waals surface area contributed by atoms with Gasteiger partial charge in [-0.25, -0.2) is 0 Å². The van der Waals surface area contributed by atoms with E-state index in [0.29, 0.717) is 6.54 Å². The zero-order chi connectivity index (χ0) is 14.2. The van der Waals surface area contributed by atoms with Crippen molar-refractivity contribution in [2.75, 3.05) is 18.1 Å². The van der Waals surface area contributed by atoms with Gasteiger partial charge in [-0.2, -0.15) is 11.8 Å². The lowest BCUT2D eigenvalue weighted by Crippen LogP contribution is -2.40. The number of rotatable bonds is 4. The van der Waals surface area contributed by atoms with Crippen molar-refractivity contribution in [3.63, 3.8) is 0 Å². The molecule has 0 aliphatic carbocycles. The average Bonchev–Trinajstić information content (AvgIpc) is 2.92. The maximum Gasteiger partial charge on any atom is 0.127 e. The minimum absolute atomic E-state index is 0.0985. The van der Waals surface area contributed by atoms with Crippen molar-refractivity contribution in [2.24, 2.45) is 0 Å². The van der Waals surface area contributed by atoms with Crippen LogP contribution in [0.5, 0.6) is 5.75 Å². The zero-order valence-electron chi connectivity index (χ0n) is 12.2. The minimum Gasteiger partial charge on any atom is -0.487 e. The molecule has 3 nitrogen and oxygen atoms in total. The van der Waals surface area contributed by atoms with E-state index in [1.54, 1.807) is 0 Å². The van der Waals surface area contributed by atoms with Gasteiger partial charge in [0.2, 0.25) is 0 Å². The van der Waals surface area contributed by atoms with E-state index in [0.717, 1.165) is 36.6 Å². The fourth-order valence-electron chi connectivity index (χ4n) is 2.98. The predicted octanol–water partition coefficient (Wildman–Crippen LogP) is 2.36. The molecule has 4 heteroatoms. The molecule has 1 fully saturated rings. The van der Waals surface area contributed by atoms with E-state index in [1.807, 2.05) is 11.8 Å². The van der Waals surface area contributed by atoms with Gasteiger partial charge < -0.3 is 15.2 Å². The number of hydrogen-bond acceptors (Lipinski definition) is 4. The summed E-state index contributed by atoms with van der Waals surface area (Å²) in [5, 5.41) is 13.7. The molecule has 1 aromatic carbocycles. The monoisotopic (exact) mass is 293 g/mol. The highest BCUT2D eigenvalue weighted by atomic mass is 32.2. The lowest BCUT2D eigenvalue weighted by atomic mass is 10.0. The van der Waals surface area contributed by atoms with Gasteiger partial charge in [0.05, 0.1) is 5.60 Å². The number of nitrogens with one attached hydrogen (secondary N) is 1. The smallest absolute Gasteiger partial charge is 0.127 e. The van der Waals surface area contributed by atoms with E-state index >= 15 is 0 Å². The van der Waals surface area contributed by atoms with Gasteiger partial charge in [0, 0.05) is 30.8 Å². The van der Waals surface area contributed by atoms with Crippen LogP contribution < -0.4 is 10.1 Å². The summed E-state index contributed by atoms with van der Waals surface area (Å²) >= 11 is 1.83. The van der Waals surface area contributed by atoms with Gasteiger partial charge in [0.1, 0.15) is 11.4 Å². The summed E-state index contributed by atoms with van der Waals surface area (Å²) in [6.07, 6.45) is 1.86. The normalized spacial score (nSPS) is 27.4. The van der Waals surface area contributed by atoms with Crippen molar-refractivity contribution in [2.45, 2.75) is 44.4 Å². The maximum atomic E-state index is 10.3. The first-order chi connectivity index (χ1) is 9.48. The summed E-state index contributed by atoms with van der Waals surface area (Å²) < 4.78 is 6.07. The molecular formula is C16H23NO2S. The fraction of sp³-hybridized carbons (Fsp3) is 0.625. The molecule has 0 bridgehead atoms. The molecule has 0 saturated carbocycles. The number of thioether (sulfide) groups is 1. The van der Waals surface area contributed by atoms with Crippen molar-refractivity contribution >= 4 is 11.8 Å². The van der Waals surface area contributed by atoms with Gasteiger partial charge >= 0.3 is 0 Å². The van der Waals surface area contributed by atoms with Crippen LogP contribution in [0.15, 0.2) is 18.2 Å². The van der Waals surface area contributed by atoms with E-state index in [9.17, 15) is 5.11 Å². The third-order valence-electron chi connectivity index (χ3n) is 4.02. The average molecular weight is 293 g/mol. The van der Waals surface area contributed by atoms with E-state index in [4.69, 9.17) is 4.74 Å². The number of para-hydroxylation sites is 1. The Morgan fingerprint density at radius 3 is 3.00 bits per heavy atom. The van der Waals surface area contributed by atoms with Crippen molar-refractivity contribution in [1.29, 1.82) is 0 Å². The van der Waals surface area contributed by atoms with Crippen molar-refractivity contribution < 1.29 is 9.84 Å². The van der Waals surface area contributed by atoms with Gasteiger partial charge in [-0.3, -0.25) is 0 Å². The Bertz CT molecular complexity index is 495. The van der Waals surface area contributed by atoms with E-state index in [2.05, 4.69) is 37.4 Å². The lowest BCUT2D eigenvalue weighted by molar-refractivity contribution is 0.0672. The molecule has 0 amide bonds. The molecule has 0 radical (unpaired) electrons. The number of benzene rings is 1. The zero-order valence-corrected chi connectivity index (χ0v) is 13.1. The summed E-state index contributed by atoms with van der Waals surface area (Å²) in [6, 6.07) is 6.36. The van der Waals surface area contributed by atoms with Crippen LogP contribution in [-0.2, 0) is 13.0 Å². The van der Waals surface area contributed by atoms with Crippen LogP contribution in [0.1, 0.15) is 31.4 Å². The molecule has 0 spiro atoms. The first-order valence-electron chi connectivity index (χ1n) is 7.28. The van der Waals surface area contributed by atoms with Crippen molar-refractivity contribution in [1.82, 2.24) is 5.32 Å². The van der Waals surface area contributed by atoms with E-state index in [-0.39, 0.29) is 5.60 Å². The molecule has 1 unspecified atom stereocenters. The Kier molecular flexibility index (Phi) is 3.73. The van der Waals surface area contributed by atoms with Gasteiger partial charge in [0.15, 0.2) is 0 Å². The van der Waals surface area contributed by atoms with E-state index in [1.165, 1.54) is 11.1 Å². The molecule has 3 rings (SSSR count). The summed E-state index contributed by atoms with van der Waals surface area (Å²) in [6.45, 7) is 5.67. The van der Waals surface area contributed by atoms with Gasteiger partial charge in [-0.1, -0.05) is 18.2 Å². The minimum atomic E-state index is -0.525. The molecule has 110 valence electrons. The van der Waals surface area contributed by atoms with Gasteiger partial charge in [-0.15, -0.1) is 0 Å². The maximum absolute atomic E-state index is 10.3. The van der Waals surface area contributed by atoms with Crippen LogP contribution in [0.2, 0.25) is 0 Å². The molecule has 0 aromatic heterocycles. The first kappa shape index (κ1) is 14.2. The van der Waals surface area contributed by atoms with Crippen LogP contribution in [0, 0.1) is 0 Å². The fourth-order valence-corrected chi connectivity index (χ4v) is 4.28. The standard InChI is InChI=1S/C16H23NO2S/c1-15(2)8-12-4-3-5-13(14(12)19-15)9-17-10-16(18)6-7-20-11-16/h3-5,17-18H,6-11H2,1-2H3. The Balaban J connectivity index is 1.63. The molecule has 20 heavy (non-hydrogen) atoms. The Morgan fingerprint density at radius 2 is 2.25 bits per heavy atom. The second kappa shape index (κ2) is 5.24. The molecule has 2 aliphatic heterocycles. The van der Waals surface area contributed by atoms with Crippen molar-refractivity contribution in [3.05, 3.63) is 29.3 Å². The molecule has 2 heterocycles. The largest absolute Gasteiger partial charge is 0.487 e. The number of ether oxygens (including phenoxy) is 1. The summed E-state index contributed by atoms with van der Waals surface area (Å²) in [7, 11) is 0. The Labute approximate surface area is 125 Å². The molecule has 1 saturated heterocycles. The summed E-state index contributed by atoms with van der Waals surface area (Å²) in [4.78, 5) is 0. The molecular weight excluding hydrogens is 270 g/mol. The quantitative estimate of drug-likeness (QED) is 0.894. The third kappa shape index (κ3) is 2.97. The highest BCUT2D eigenvalue weighted by Gasteiger charge is 2.33. The van der Waals surface area contributed by atoms with Gasteiger partial charge in [0.25, 0.3) is 0 Å². The molecule has 2 aliphatic rings. The van der Waals surface area contributed by atoms with Crippen LogP contribution in [0.3, 0.4) is 0 Å². The van der Waals surface area contributed by atoms with Crippen LogP contribution in [0.25, 0.3) is 0 Å². The van der Waals surface area contributed by atoms with Crippen molar-refractivity contribution in [3.8, 4) is 5.75 Å². The number of hydrogen-bond donors (Lipinski definition) is 2. The van der Waals surface area contributed by atoms with Crippen LogP contribution in [-0.4, -0.2) is 34.4 Å². The highest BCUT2D eigenvalue weighted by Crippen LogP contribution is 2.37. The number of aliphatic hydroxyl groups is 1. The summed E-state index contributed by atoms with van der Waals surface area (Å²) in [5.41, 5.74) is 1.87. The SMILES string of the molecule is CC1(C)Cc2cccc(CNCC3(O)CCSC3)c2O1. The first-order valence-corrected chi connectivity index (χ1v) is 8.44. The Morgan fingerprint density at radius 1 is 1.40 bits per heavy atom. The molecule has 1 aromatic rings. The topological polar surface area (TPSA) is 41.5 Å².